The van der Waals surface area contributed by atoms with Crippen molar-refractivity contribution in [3.8, 4) is 0 Å². The molecule has 0 bridgehead atoms. The molecule has 0 saturated heterocycles. The first kappa shape index (κ1) is 22.0. The van der Waals surface area contributed by atoms with E-state index in [0.29, 0.717) is 29.7 Å². The van der Waals surface area contributed by atoms with Crippen molar-refractivity contribution in [1.82, 2.24) is 0 Å². The van der Waals surface area contributed by atoms with Gasteiger partial charge in [-0.3, -0.25) is 4.79 Å². The Labute approximate surface area is 179 Å². The molecule has 0 radical (unpaired) electrons. The Morgan fingerprint density at radius 2 is 1.83 bits per heavy atom. The van der Waals surface area contributed by atoms with E-state index in [9.17, 15) is 13.2 Å². The third-order valence-electron chi connectivity index (χ3n) is 5.01. The zero-order chi connectivity index (χ0) is 21.9. The van der Waals surface area contributed by atoms with E-state index in [1.54, 1.807) is 19.1 Å². The summed E-state index contributed by atoms with van der Waals surface area (Å²) in [5.74, 6) is 0.416. The Kier molecular flexibility index (Phi) is 6.61. The van der Waals surface area contributed by atoms with Crippen LogP contribution in [0.4, 0.5) is 11.4 Å². The maximum Gasteiger partial charge on any atom is 0.286 e. The third kappa shape index (κ3) is 4.90. The van der Waals surface area contributed by atoms with Crippen LogP contribution in [0, 0.1) is 5.92 Å². The van der Waals surface area contributed by atoms with Crippen molar-refractivity contribution in [3.63, 3.8) is 0 Å². The molecular weight excluding hydrogens is 398 g/mol. The molecule has 0 saturated carbocycles. The average Bonchev–Trinajstić information content (AvgIpc) is 2.69. The molecular formula is C23H29N3O3S. The van der Waals surface area contributed by atoms with E-state index in [0.717, 1.165) is 19.3 Å². The van der Waals surface area contributed by atoms with Gasteiger partial charge in [0.1, 0.15) is 10.7 Å². The maximum absolute atomic E-state index is 12.7. The number of amidine groups is 1. The van der Waals surface area contributed by atoms with Gasteiger partial charge in [-0.15, -0.1) is 4.40 Å². The lowest BCUT2D eigenvalue weighted by molar-refractivity contribution is 0.102. The minimum Gasteiger partial charge on any atom is -0.328 e. The number of carbonyl (C=O) groups is 1. The lowest BCUT2D eigenvalue weighted by atomic mass is 10.1. The Balaban J connectivity index is 1.84. The number of hydrogen-bond acceptors (Lipinski definition) is 4. The molecule has 0 fully saturated rings. The van der Waals surface area contributed by atoms with E-state index in [1.165, 1.54) is 11.6 Å². The molecule has 1 aliphatic heterocycles. The van der Waals surface area contributed by atoms with Crippen molar-refractivity contribution in [2.75, 3.05) is 16.8 Å². The van der Waals surface area contributed by atoms with E-state index in [2.05, 4.69) is 30.5 Å². The van der Waals surface area contributed by atoms with Crippen LogP contribution in [0.15, 0.2) is 51.8 Å². The van der Waals surface area contributed by atoms with Crippen LogP contribution < -0.4 is 10.2 Å². The maximum atomic E-state index is 12.7. The zero-order valence-corrected chi connectivity index (χ0v) is 18.8. The van der Waals surface area contributed by atoms with Crippen LogP contribution in [0.5, 0.6) is 0 Å². The van der Waals surface area contributed by atoms with Gasteiger partial charge in [-0.2, -0.15) is 8.42 Å². The number of fused-ring (bicyclic) bond motifs is 1. The average molecular weight is 428 g/mol. The lowest BCUT2D eigenvalue weighted by Gasteiger charge is -2.30. The number of unbranched alkanes of at least 4 members (excludes halogenated alkanes) is 1. The van der Waals surface area contributed by atoms with Gasteiger partial charge in [0.15, 0.2) is 0 Å². The van der Waals surface area contributed by atoms with E-state index in [-0.39, 0.29) is 16.4 Å². The predicted octanol–water partition coefficient (Wildman–Crippen LogP) is 4.86. The van der Waals surface area contributed by atoms with Crippen LogP contribution in [-0.2, 0) is 16.4 Å². The molecule has 6 nitrogen and oxygen atoms in total. The topological polar surface area (TPSA) is 78.8 Å². The second-order valence-corrected chi connectivity index (χ2v) is 9.63. The second-order valence-electron chi connectivity index (χ2n) is 8.06. The number of rotatable bonds is 7. The number of carbonyl (C=O) groups excluding carboxylic acids is 1. The smallest absolute Gasteiger partial charge is 0.286 e. The molecule has 1 heterocycles. The van der Waals surface area contributed by atoms with E-state index in [1.807, 2.05) is 29.2 Å². The summed E-state index contributed by atoms with van der Waals surface area (Å²) in [6.45, 7) is 8.61. The molecule has 2 aromatic rings. The van der Waals surface area contributed by atoms with Gasteiger partial charge in [-0.1, -0.05) is 39.3 Å². The number of nitrogens with zero attached hydrogens (tertiary/aromatic N) is 2. The summed E-state index contributed by atoms with van der Waals surface area (Å²) in [4.78, 5) is 14.7. The highest BCUT2D eigenvalue weighted by molar-refractivity contribution is 7.90. The number of amides is 1. The SMILES string of the molecule is CCCCc1ccc(NC(=O)c2ccc3c(c2)S(=O)(=O)N=C(C)N3CC(C)C)cc1. The number of sulfonamides is 1. The summed E-state index contributed by atoms with van der Waals surface area (Å²) in [6.07, 6.45) is 3.28. The summed E-state index contributed by atoms with van der Waals surface area (Å²) in [5, 5.41) is 2.84. The van der Waals surface area contributed by atoms with Crippen LogP contribution in [0.1, 0.15) is 56.5 Å². The molecule has 0 atom stereocenters. The fourth-order valence-electron chi connectivity index (χ4n) is 3.47. The van der Waals surface area contributed by atoms with Crippen molar-refractivity contribution >= 4 is 33.1 Å². The number of nitrogens with one attached hydrogen (secondary N) is 1. The zero-order valence-electron chi connectivity index (χ0n) is 18.0. The summed E-state index contributed by atoms with van der Waals surface area (Å²) in [6, 6.07) is 12.5. The first-order chi connectivity index (χ1) is 14.2. The predicted molar refractivity (Wildman–Crippen MR) is 122 cm³/mol. The van der Waals surface area contributed by atoms with Crippen molar-refractivity contribution < 1.29 is 13.2 Å². The summed E-state index contributed by atoms with van der Waals surface area (Å²) < 4.78 is 29.1. The Bertz CT molecular complexity index is 1060. The minimum atomic E-state index is -3.84. The molecule has 1 amide bonds. The molecule has 0 aromatic heterocycles. The van der Waals surface area contributed by atoms with Gasteiger partial charge in [0, 0.05) is 17.8 Å². The fraction of sp³-hybridized carbons (Fsp3) is 0.391. The van der Waals surface area contributed by atoms with Gasteiger partial charge >= 0.3 is 0 Å². The van der Waals surface area contributed by atoms with Gasteiger partial charge in [0.2, 0.25) is 0 Å². The fourth-order valence-corrected chi connectivity index (χ4v) is 4.73. The van der Waals surface area contributed by atoms with Crippen LogP contribution >= 0.6 is 0 Å². The highest BCUT2D eigenvalue weighted by Gasteiger charge is 2.30. The normalized spacial score (nSPS) is 15.0. The minimum absolute atomic E-state index is 0.0660. The van der Waals surface area contributed by atoms with Crippen molar-refractivity contribution in [1.29, 1.82) is 0 Å². The quantitative estimate of drug-likeness (QED) is 0.684. The summed E-state index contributed by atoms with van der Waals surface area (Å²) >= 11 is 0. The van der Waals surface area contributed by atoms with Crippen molar-refractivity contribution in [2.24, 2.45) is 10.3 Å². The monoisotopic (exact) mass is 427 g/mol. The van der Waals surface area contributed by atoms with Gasteiger partial charge in [-0.25, -0.2) is 0 Å². The van der Waals surface area contributed by atoms with E-state index >= 15 is 0 Å². The number of hydrogen-bond donors (Lipinski definition) is 1. The molecule has 1 N–H and O–H groups in total. The van der Waals surface area contributed by atoms with Crippen LogP contribution in [0.2, 0.25) is 0 Å². The summed E-state index contributed by atoms with van der Waals surface area (Å²) in [7, 11) is -3.84. The van der Waals surface area contributed by atoms with E-state index in [4.69, 9.17) is 0 Å². The molecule has 7 heteroatoms. The Morgan fingerprint density at radius 3 is 2.47 bits per heavy atom. The molecule has 1 aliphatic rings. The van der Waals surface area contributed by atoms with Crippen LogP contribution in [-0.4, -0.2) is 26.7 Å². The molecule has 30 heavy (non-hydrogen) atoms. The van der Waals surface area contributed by atoms with E-state index < -0.39 is 10.0 Å². The number of aryl methyl sites for hydroxylation is 1. The Morgan fingerprint density at radius 1 is 1.13 bits per heavy atom. The van der Waals surface area contributed by atoms with Crippen molar-refractivity contribution in [3.05, 3.63) is 53.6 Å². The van der Waals surface area contributed by atoms with Gasteiger partial charge in [0.05, 0.1) is 5.69 Å². The molecule has 160 valence electrons. The number of benzene rings is 2. The lowest BCUT2D eigenvalue weighted by Crippen LogP contribution is -2.36. The third-order valence-corrected chi connectivity index (χ3v) is 6.40. The highest BCUT2D eigenvalue weighted by atomic mass is 32.2. The molecule has 0 unspecified atom stereocenters. The summed E-state index contributed by atoms with van der Waals surface area (Å²) in [5.41, 5.74) is 2.75. The highest BCUT2D eigenvalue weighted by Crippen LogP contribution is 2.33. The van der Waals surface area contributed by atoms with Gasteiger partial charge in [0.25, 0.3) is 15.9 Å². The van der Waals surface area contributed by atoms with Crippen molar-refractivity contribution in [2.45, 2.75) is 51.9 Å². The first-order valence-corrected chi connectivity index (χ1v) is 11.8. The molecule has 0 spiro atoms. The van der Waals surface area contributed by atoms with Crippen LogP contribution in [0.25, 0.3) is 0 Å². The second kappa shape index (κ2) is 9.00. The molecule has 3 rings (SSSR count). The Hall–Kier alpha value is -2.67. The standard InChI is InChI=1S/C23H29N3O3S/c1-5-6-7-18-8-11-20(12-9-18)24-23(27)19-10-13-21-22(14-19)30(28,29)25-17(4)26(21)15-16(2)3/h8-14,16H,5-7,15H2,1-4H3,(H,24,27). The van der Waals surface area contributed by atoms with Gasteiger partial charge in [-0.05, 0) is 61.6 Å². The largest absolute Gasteiger partial charge is 0.328 e. The molecule has 0 aliphatic carbocycles. The molecule has 2 aromatic carbocycles. The van der Waals surface area contributed by atoms with Crippen LogP contribution in [0.3, 0.4) is 0 Å². The number of anilines is 2. The van der Waals surface area contributed by atoms with Gasteiger partial charge < -0.3 is 10.2 Å². The first-order valence-electron chi connectivity index (χ1n) is 10.3.